The Kier molecular flexibility index (Phi) is 5.73. The van der Waals surface area contributed by atoms with Gasteiger partial charge in [0.2, 0.25) is 0 Å². The van der Waals surface area contributed by atoms with E-state index in [4.69, 9.17) is 26.6 Å². The van der Waals surface area contributed by atoms with Crippen LogP contribution in [0.3, 0.4) is 0 Å². The molecule has 0 heterocycles. The zero-order valence-corrected chi connectivity index (χ0v) is 9.43. The molecule has 0 aliphatic rings. The minimum absolute atomic E-state index is 0.137. The molecule has 5 heteroatoms. The maximum atomic E-state index is 11.4. The number of aliphatic hydroxyl groups excluding tert-OH is 2. The van der Waals surface area contributed by atoms with Gasteiger partial charge in [-0.05, 0) is 11.6 Å². The van der Waals surface area contributed by atoms with Crippen molar-refractivity contribution >= 4 is 11.6 Å². The number of halogens is 1. The molecule has 0 amide bonds. The third-order valence-electron chi connectivity index (χ3n) is 2.03. The Morgan fingerprint density at radius 3 is 2.69 bits per heavy atom. The van der Waals surface area contributed by atoms with E-state index >= 15 is 0 Å². The van der Waals surface area contributed by atoms with Gasteiger partial charge in [-0.1, -0.05) is 29.8 Å². The van der Waals surface area contributed by atoms with E-state index < -0.39 is 19.0 Å². The normalized spacial score (nSPS) is 14.8. The average Bonchev–Trinajstić information content (AvgIpc) is 2.29. The smallest absolute Gasteiger partial charge is 0.195 e. The molecule has 2 N–H and O–H groups in total. The summed E-state index contributed by atoms with van der Waals surface area (Å²) in [5.74, 6) is 0. The number of rotatable bonds is 6. The number of benzene rings is 1. The van der Waals surface area contributed by atoms with Gasteiger partial charge in [-0.25, -0.2) is 5.11 Å². The van der Waals surface area contributed by atoms with Crippen LogP contribution >= 0.6 is 11.6 Å². The second-order valence-corrected chi connectivity index (χ2v) is 3.80. The summed E-state index contributed by atoms with van der Waals surface area (Å²) < 4.78 is 4.83. The number of hydrogen-bond acceptors (Lipinski definition) is 3. The van der Waals surface area contributed by atoms with Crippen LogP contribution in [0, 0.1) is 0 Å². The van der Waals surface area contributed by atoms with Crippen molar-refractivity contribution in [1.82, 2.24) is 0 Å². The highest BCUT2D eigenvalue weighted by Crippen LogP contribution is 2.17. The predicted molar refractivity (Wildman–Crippen MR) is 58.7 cm³/mol. The third kappa shape index (κ3) is 4.47. The molecule has 89 valence electrons. The van der Waals surface area contributed by atoms with E-state index in [1.54, 1.807) is 24.3 Å². The minimum Gasteiger partial charge on any atom is -0.394 e. The van der Waals surface area contributed by atoms with Crippen LogP contribution in [0.1, 0.15) is 5.56 Å². The van der Waals surface area contributed by atoms with Crippen molar-refractivity contribution in [2.24, 2.45) is 0 Å². The molecular formula is C11H14ClO4. The first-order valence-electron chi connectivity index (χ1n) is 4.93. The number of aliphatic hydroxyl groups is 2. The molecule has 1 aromatic rings. The third-order valence-corrected chi connectivity index (χ3v) is 2.40. The largest absolute Gasteiger partial charge is 0.394 e. The Morgan fingerprint density at radius 2 is 2.06 bits per heavy atom. The Hall–Kier alpha value is -0.650. The van der Waals surface area contributed by atoms with Crippen molar-refractivity contribution in [2.75, 3.05) is 13.2 Å². The first-order chi connectivity index (χ1) is 7.63. The van der Waals surface area contributed by atoms with Crippen molar-refractivity contribution in [3.8, 4) is 0 Å². The van der Waals surface area contributed by atoms with E-state index in [0.717, 1.165) is 0 Å². The van der Waals surface area contributed by atoms with Gasteiger partial charge in [0.15, 0.2) is 6.29 Å². The highest BCUT2D eigenvalue weighted by Gasteiger charge is 2.12. The zero-order chi connectivity index (χ0) is 12.0. The lowest BCUT2D eigenvalue weighted by atomic mass is 10.1. The summed E-state index contributed by atoms with van der Waals surface area (Å²) in [5.41, 5.74) is 0.711. The summed E-state index contributed by atoms with van der Waals surface area (Å²) in [6, 6.07) is 7.02. The molecule has 0 fully saturated rings. The molecular weight excluding hydrogens is 232 g/mol. The summed E-state index contributed by atoms with van der Waals surface area (Å²) in [5, 5.41) is 29.4. The highest BCUT2D eigenvalue weighted by atomic mass is 35.5. The van der Waals surface area contributed by atoms with Crippen LogP contribution in [0.5, 0.6) is 0 Å². The molecule has 2 atom stereocenters. The Labute approximate surface area is 99.1 Å². The first-order valence-corrected chi connectivity index (χ1v) is 5.31. The highest BCUT2D eigenvalue weighted by molar-refractivity contribution is 6.31. The average molecular weight is 246 g/mol. The lowest BCUT2D eigenvalue weighted by Crippen LogP contribution is -2.24. The van der Waals surface area contributed by atoms with Crippen LogP contribution in [0.15, 0.2) is 24.3 Å². The van der Waals surface area contributed by atoms with Gasteiger partial charge >= 0.3 is 0 Å². The molecule has 0 aliphatic heterocycles. The number of hydrogen-bond donors (Lipinski definition) is 2. The maximum Gasteiger partial charge on any atom is 0.195 e. The van der Waals surface area contributed by atoms with E-state index in [1.165, 1.54) is 0 Å². The van der Waals surface area contributed by atoms with E-state index in [2.05, 4.69) is 0 Å². The van der Waals surface area contributed by atoms with Gasteiger partial charge in [0.25, 0.3) is 0 Å². The van der Waals surface area contributed by atoms with Gasteiger partial charge < -0.3 is 14.9 Å². The standard InChI is InChI=1S/C11H14ClO4/c12-10-4-2-1-3-8(10)5-11(15)16-7-9(14)6-13/h1-4,9,11,13-14H,5-7H2. The second kappa shape index (κ2) is 6.83. The SMILES string of the molecule is [O]C(Cc1ccccc1Cl)OCC(O)CO. The topological polar surface area (TPSA) is 69.6 Å². The first kappa shape index (κ1) is 13.4. The van der Waals surface area contributed by atoms with E-state index in [0.29, 0.717) is 10.6 Å². The molecule has 0 aliphatic carbocycles. The fraction of sp³-hybridized carbons (Fsp3) is 0.455. The Bertz CT molecular complexity index is 319. The Balaban J connectivity index is 2.40. The van der Waals surface area contributed by atoms with Gasteiger partial charge in [0.05, 0.1) is 13.2 Å². The summed E-state index contributed by atoms with van der Waals surface area (Å²) in [6.07, 6.45) is -2.17. The molecule has 0 bridgehead atoms. The van der Waals surface area contributed by atoms with Gasteiger partial charge in [-0.2, -0.15) is 0 Å². The zero-order valence-electron chi connectivity index (χ0n) is 8.67. The molecule has 16 heavy (non-hydrogen) atoms. The van der Waals surface area contributed by atoms with Gasteiger partial charge in [0, 0.05) is 11.4 Å². The van der Waals surface area contributed by atoms with Crippen molar-refractivity contribution in [3.05, 3.63) is 34.9 Å². The maximum absolute atomic E-state index is 11.4. The van der Waals surface area contributed by atoms with E-state index in [1.807, 2.05) is 0 Å². The van der Waals surface area contributed by atoms with Crippen LogP contribution in [0.25, 0.3) is 0 Å². The Morgan fingerprint density at radius 1 is 1.38 bits per heavy atom. The molecule has 1 rings (SSSR count). The molecule has 1 radical (unpaired) electrons. The lowest BCUT2D eigenvalue weighted by molar-refractivity contribution is -0.157. The van der Waals surface area contributed by atoms with E-state index in [9.17, 15) is 5.11 Å². The van der Waals surface area contributed by atoms with Crippen molar-refractivity contribution in [2.45, 2.75) is 18.8 Å². The van der Waals surface area contributed by atoms with Crippen LogP contribution in [0.4, 0.5) is 0 Å². The summed E-state index contributed by atoms with van der Waals surface area (Å²) in [7, 11) is 0. The molecule has 0 spiro atoms. The van der Waals surface area contributed by atoms with E-state index in [-0.39, 0.29) is 13.0 Å². The predicted octanol–water partition coefficient (Wildman–Crippen LogP) is 1.01. The van der Waals surface area contributed by atoms with Gasteiger partial charge in [-0.15, -0.1) is 0 Å². The summed E-state index contributed by atoms with van der Waals surface area (Å²) >= 11 is 5.87. The molecule has 2 unspecified atom stereocenters. The molecule has 4 nitrogen and oxygen atoms in total. The van der Waals surface area contributed by atoms with Crippen LogP contribution < -0.4 is 0 Å². The molecule has 0 saturated carbocycles. The summed E-state index contributed by atoms with van der Waals surface area (Å²) in [4.78, 5) is 0. The monoisotopic (exact) mass is 245 g/mol. The number of ether oxygens (including phenoxy) is 1. The van der Waals surface area contributed by atoms with Crippen LogP contribution in [-0.2, 0) is 16.3 Å². The van der Waals surface area contributed by atoms with Crippen molar-refractivity contribution in [1.29, 1.82) is 0 Å². The van der Waals surface area contributed by atoms with Crippen LogP contribution in [0.2, 0.25) is 5.02 Å². The van der Waals surface area contributed by atoms with Crippen LogP contribution in [-0.4, -0.2) is 35.8 Å². The quantitative estimate of drug-likeness (QED) is 0.735. The fourth-order valence-corrected chi connectivity index (χ4v) is 1.39. The van der Waals surface area contributed by atoms with Gasteiger partial charge in [0.1, 0.15) is 6.10 Å². The molecule has 0 aromatic heterocycles. The van der Waals surface area contributed by atoms with Crippen molar-refractivity contribution in [3.63, 3.8) is 0 Å². The second-order valence-electron chi connectivity index (χ2n) is 3.39. The molecule has 0 saturated heterocycles. The minimum atomic E-state index is -1.29. The van der Waals surface area contributed by atoms with Crippen molar-refractivity contribution < 1.29 is 20.1 Å². The lowest BCUT2D eigenvalue weighted by Gasteiger charge is -2.13. The van der Waals surface area contributed by atoms with Gasteiger partial charge in [-0.3, -0.25) is 0 Å². The fourth-order valence-electron chi connectivity index (χ4n) is 1.17. The molecule has 1 aromatic carbocycles. The summed E-state index contributed by atoms with van der Waals surface area (Å²) in [6.45, 7) is -0.589.